The number of hydrogen-bond acceptors (Lipinski definition) is 5. The fourth-order valence-electron chi connectivity index (χ4n) is 2.77. The molecule has 1 aromatic heterocycles. The average Bonchev–Trinajstić information content (AvgIpc) is 2.43. The second-order valence-corrected chi connectivity index (χ2v) is 5.23. The van der Waals surface area contributed by atoms with Gasteiger partial charge in [-0.1, -0.05) is 0 Å². The molecule has 0 N–H and O–H groups in total. The predicted molar refractivity (Wildman–Crippen MR) is 70.4 cm³/mol. The molecule has 0 amide bonds. The van der Waals surface area contributed by atoms with Crippen LogP contribution in [0.25, 0.3) is 0 Å². The zero-order valence-electron chi connectivity index (χ0n) is 11.2. The molecule has 6 nitrogen and oxygen atoms in total. The maximum absolute atomic E-state index is 12.1. The number of nitrogens with zero attached hydrogens (tertiary/aromatic N) is 3. The van der Waals surface area contributed by atoms with Crippen molar-refractivity contribution >= 4 is 5.82 Å². The molecule has 1 aromatic rings. The summed E-state index contributed by atoms with van der Waals surface area (Å²) >= 11 is 0. The molecule has 0 saturated carbocycles. The van der Waals surface area contributed by atoms with Crippen molar-refractivity contribution in [3.63, 3.8) is 0 Å². The molecule has 0 bridgehead atoms. The van der Waals surface area contributed by atoms with Crippen LogP contribution in [-0.2, 0) is 16.5 Å². The Morgan fingerprint density at radius 3 is 2.89 bits per heavy atom. The van der Waals surface area contributed by atoms with Crippen LogP contribution in [0.3, 0.4) is 0 Å². The normalized spacial score (nSPS) is 22.7. The minimum absolute atomic E-state index is 0.0494. The van der Waals surface area contributed by atoms with Gasteiger partial charge >= 0.3 is 0 Å². The third-order valence-electron chi connectivity index (χ3n) is 3.95. The van der Waals surface area contributed by atoms with Crippen molar-refractivity contribution in [2.75, 3.05) is 37.8 Å². The molecule has 2 aliphatic heterocycles. The SMILES string of the molecule is Cn1ccnc(N2CCOC3(CCOCC3)C2)c1=O. The topological polar surface area (TPSA) is 56.6 Å². The van der Waals surface area contributed by atoms with E-state index in [1.165, 1.54) is 0 Å². The summed E-state index contributed by atoms with van der Waals surface area (Å²) in [5.41, 5.74) is -0.217. The molecule has 19 heavy (non-hydrogen) atoms. The Labute approximate surface area is 112 Å². The molecule has 2 fully saturated rings. The van der Waals surface area contributed by atoms with Crippen LogP contribution in [-0.4, -0.2) is 48.1 Å². The van der Waals surface area contributed by atoms with E-state index in [9.17, 15) is 4.79 Å². The molecule has 3 heterocycles. The number of anilines is 1. The van der Waals surface area contributed by atoms with E-state index < -0.39 is 0 Å². The molecule has 2 aliphatic rings. The molecular weight excluding hydrogens is 246 g/mol. The quantitative estimate of drug-likeness (QED) is 0.724. The van der Waals surface area contributed by atoms with Crippen LogP contribution < -0.4 is 10.5 Å². The van der Waals surface area contributed by atoms with Gasteiger partial charge in [0.05, 0.1) is 12.2 Å². The lowest BCUT2D eigenvalue weighted by Crippen LogP contribution is -2.55. The van der Waals surface area contributed by atoms with E-state index in [1.807, 2.05) is 0 Å². The maximum Gasteiger partial charge on any atom is 0.293 e. The Balaban J connectivity index is 1.85. The third-order valence-corrected chi connectivity index (χ3v) is 3.95. The Morgan fingerprint density at radius 2 is 2.11 bits per heavy atom. The van der Waals surface area contributed by atoms with Gasteiger partial charge in [-0.3, -0.25) is 4.79 Å². The first-order valence-electron chi connectivity index (χ1n) is 6.69. The van der Waals surface area contributed by atoms with Gasteiger partial charge in [-0.05, 0) is 0 Å². The summed E-state index contributed by atoms with van der Waals surface area (Å²) in [4.78, 5) is 18.4. The fraction of sp³-hybridized carbons (Fsp3) is 0.692. The van der Waals surface area contributed by atoms with Gasteiger partial charge < -0.3 is 18.9 Å². The second kappa shape index (κ2) is 4.94. The largest absolute Gasteiger partial charge is 0.381 e. The number of rotatable bonds is 1. The van der Waals surface area contributed by atoms with Crippen molar-refractivity contribution in [1.82, 2.24) is 9.55 Å². The second-order valence-electron chi connectivity index (χ2n) is 5.23. The summed E-state index contributed by atoms with van der Waals surface area (Å²) in [6.45, 7) is 3.54. The first-order valence-corrected chi connectivity index (χ1v) is 6.69. The van der Waals surface area contributed by atoms with Gasteiger partial charge in [-0.25, -0.2) is 4.98 Å². The van der Waals surface area contributed by atoms with Crippen LogP contribution in [0.1, 0.15) is 12.8 Å². The van der Waals surface area contributed by atoms with Gasteiger partial charge in [-0.2, -0.15) is 0 Å². The lowest BCUT2D eigenvalue weighted by Gasteiger charge is -2.44. The summed E-state index contributed by atoms with van der Waals surface area (Å²) in [7, 11) is 1.75. The van der Waals surface area contributed by atoms with E-state index in [1.54, 1.807) is 24.0 Å². The van der Waals surface area contributed by atoms with Gasteiger partial charge in [0.1, 0.15) is 0 Å². The lowest BCUT2D eigenvalue weighted by molar-refractivity contribution is -0.116. The average molecular weight is 265 g/mol. The fourth-order valence-corrected chi connectivity index (χ4v) is 2.77. The van der Waals surface area contributed by atoms with Crippen LogP contribution in [0.2, 0.25) is 0 Å². The van der Waals surface area contributed by atoms with E-state index in [0.717, 1.165) is 39.1 Å². The highest BCUT2D eigenvalue weighted by Crippen LogP contribution is 2.29. The highest BCUT2D eigenvalue weighted by Gasteiger charge is 2.39. The molecule has 0 atom stereocenters. The Bertz CT molecular complexity index is 503. The summed E-state index contributed by atoms with van der Waals surface area (Å²) in [6, 6.07) is 0. The molecule has 3 rings (SSSR count). The molecule has 0 aromatic carbocycles. The van der Waals surface area contributed by atoms with Gasteiger partial charge in [0.25, 0.3) is 5.56 Å². The van der Waals surface area contributed by atoms with Gasteiger partial charge in [-0.15, -0.1) is 0 Å². The maximum atomic E-state index is 12.1. The van der Waals surface area contributed by atoms with Crippen molar-refractivity contribution in [3.05, 3.63) is 22.7 Å². The minimum atomic E-state index is -0.168. The molecule has 2 saturated heterocycles. The van der Waals surface area contributed by atoms with Crippen LogP contribution in [0.5, 0.6) is 0 Å². The van der Waals surface area contributed by atoms with E-state index in [2.05, 4.69) is 9.88 Å². The van der Waals surface area contributed by atoms with E-state index in [4.69, 9.17) is 9.47 Å². The van der Waals surface area contributed by atoms with E-state index >= 15 is 0 Å². The lowest BCUT2D eigenvalue weighted by atomic mass is 9.92. The standard InChI is InChI=1S/C13H19N3O3/c1-15-5-4-14-11(12(15)17)16-6-9-19-13(10-16)2-7-18-8-3-13/h4-5H,2-3,6-10H2,1H3. The molecule has 1 spiro atoms. The summed E-state index contributed by atoms with van der Waals surface area (Å²) in [5.74, 6) is 0.527. The van der Waals surface area contributed by atoms with Crippen molar-refractivity contribution < 1.29 is 9.47 Å². The van der Waals surface area contributed by atoms with Crippen LogP contribution in [0.15, 0.2) is 17.2 Å². The van der Waals surface area contributed by atoms with Gasteiger partial charge in [0.2, 0.25) is 0 Å². The van der Waals surface area contributed by atoms with Crippen LogP contribution >= 0.6 is 0 Å². The minimum Gasteiger partial charge on any atom is -0.381 e. The van der Waals surface area contributed by atoms with Gasteiger partial charge in [0, 0.05) is 58.6 Å². The zero-order chi connectivity index (χ0) is 13.3. The van der Waals surface area contributed by atoms with Crippen molar-refractivity contribution in [2.24, 2.45) is 7.05 Å². The van der Waals surface area contributed by atoms with Crippen molar-refractivity contribution in [3.8, 4) is 0 Å². The molecular formula is C13H19N3O3. The van der Waals surface area contributed by atoms with E-state index in [0.29, 0.717) is 12.4 Å². The molecule has 0 aliphatic carbocycles. The highest BCUT2D eigenvalue weighted by atomic mass is 16.5. The molecule has 0 unspecified atom stereocenters. The first kappa shape index (κ1) is 12.6. The Kier molecular flexibility index (Phi) is 3.28. The summed E-state index contributed by atoms with van der Waals surface area (Å²) < 4.78 is 12.9. The van der Waals surface area contributed by atoms with E-state index in [-0.39, 0.29) is 11.2 Å². The predicted octanol–water partition coefficient (Wildman–Crippen LogP) is 0.166. The van der Waals surface area contributed by atoms with Crippen molar-refractivity contribution in [2.45, 2.75) is 18.4 Å². The Hall–Kier alpha value is -1.40. The monoisotopic (exact) mass is 265 g/mol. The summed E-state index contributed by atoms with van der Waals surface area (Å²) in [6.07, 6.45) is 5.12. The number of hydrogen-bond donors (Lipinski definition) is 0. The summed E-state index contributed by atoms with van der Waals surface area (Å²) in [5, 5.41) is 0. The molecule has 104 valence electrons. The number of morpholine rings is 1. The number of aromatic nitrogens is 2. The van der Waals surface area contributed by atoms with Crippen molar-refractivity contribution in [1.29, 1.82) is 0 Å². The molecule has 0 radical (unpaired) electrons. The van der Waals surface area contributed by atoms with Gasteiger partial charge in [0.15, 0.2) is 5.82 Å². The third kappa shape index (κ3) is 2.37. The Morgan fingerprint density at radius 1 is 1.32 bits per heavy atom. The highest BCUT2D eigenvalue weighted by molar-refractivity contribution is 5.37. The van der Waals surface area contributed by atoms with Crippen LogP contribution in [0.4, 0.5) is 5.82 Å². The number of aryl methyl sites for hydroxylation is 1. The number of ether oxygens (including phenoxy) is 2. The van der Waals surface area contributed by atoms with Crippen LogP contribution in [0, 0.1) is 0 Å². The smallest absolute Gasteiger partial charge is 0.293 e. The molecule has 6 heteroatoms. The first-order chi connectivity index (χ1) is 9.20. The zero-order valence-corrected chi connectivity index (χ0v) is 11.2.